The van der Waals surface area contributed by atoms with Crippen LogP contribution in [0.15, 0.2) is 54.8 Å². The number of aliphatic hydroxyl groups excluding tert-OH is 1. The second kappa shape index (κ2) is 7.43. The quantitative estimate of drug-likeness (QED) is 0.741. The molecule has 0 bridgehead atoms. The van der Waals surface area contributed by atoms with E-state index in [9.17, 15) is 9.90 Å². The van der Waals surface area contributed by atoms with E-state index in [1.807, 2.05) is 15.7 Å². The Labute approximate surface area is 171 Å². The van der Waals surface area contributed by atoms with Crippen molar-refractivity contribution in [2.75, 3.05) is 6.54 Å². The van der Waals surface area contributed by atoms with Crippen LogP contribution in [0.2, 0.25) is 0 Å². The Bertz CT molecular complexity index is 903. The molecule has 2 fully saturated rings. The van der Waals surface area contributed by atoms with E-state index in [4.69, 9.17) is 0 Å². The van der Waals surface area contributed by atoms with E-state index in [2.05, 4.69) is 40.8 Å². The number of rotatable bonds is 6. The van der Waals surface area contributed by atoms with E-state index in [1.54, 1.807) is 19.4 Å². The first-order chi connectivity index (χ1) is 14.1. The summed E-state index contributed by atoms with van der Waals surface area (Å²) >= 11 is 0. The molecule has 152 valence electrons. The maximum Gasteiger partial charge on any atom is 0.234 e. The van der Waals surface area contributed by atoms with Gasteiger partial charge in [-0.05, 0) is 49.0 Å². The normalized spacial score (nSPS) is 29.1. The Morgan fingerprint density at radius 1 is 1.28 bits per heavy atom. The van der Waals surface area contributed by atoms with E-state index in [0.717, 1.165) is 25.2 Å². The topological polar surface area (TPSA) is 70.4 Å². The van der Waals surface area contributed by atoms with Crippen LogP contribution in [0.1, 0.15) is 31.7 Å². The van der Waals surface area contributed by atoms with Crippen LogP contribution in [-0.2, 0) is 11.3 Å². The molecule has 0 unspecified atom stereocenters. The summed E-state index contributed by atoms with van der Waals surface area (Å²) < 4.78 is 2.00. The molecular weight excluding hydrogens is 364 g/mol. The first kappa shape index (κ1) is 18.6. The SMILES string of the molecule is C[C@@H](O)[C@H]1C(=O)N2C=C3[C@H](CNCc4ccc(-n5ccnc5)cc4)CCC[C@@H]3[C@H]12. The van der Waals surface area contributed by atoms with Gasteiger partial charge < -0.3 is 19.9 Å². The molecule has 2 aliphatic heterocycles. The third kappa shape index (κ3) is 3.20. The summed E-state index contributed by atoms with van der Waals surface area (Å²) in [6.45, 7) is 3.51. The standard InChI is InChI=1S/C23H28N4O2/c1-15(28)21-22-19-4-2-3-17(20(19)13-27(22)23(21)29)12-25-11-16-5-7-18(8-6-16)26-10-9-24-14-26/h5-10,13-15,17,19,21-22,25,28H,2-4,11-12H2,1H3/t15-,17+,19+,21-,22-/m1/s1. The third-order valence-corrected chi connectivity index (χ3v) is 6.87. The van der Waals surface area contributed by atoms with E-state index in [-0.39, 0.29) is 17.9 Å². The van der Waals surface area contributed by atoms with Gasteiger partial charge in [0.1, 0.15) is 0 Å². The van der Waals surface area contributed by atoms with Crippen molar-refractivity contribution in [2.45, 2.75) is 44.9 Å². The fourth-order valence-corrected chi connectivity index (χ4v) is 5.40. The Kier molecular flexibility index (Phi) is 4.76. The summed E-state index contributed by atoms with van der Waals surface area (Å²) in [5, 5.41) is 13.6. The van der Waals surface area contributed by atoms with Crippen molar-refractivity contribution in [3.8, 4) is 5.69 Å². The van der Waals surface area contributed by atoms with Crippen LogP contribution in [0.5, 0.6) is 0 Å². The minimum atomic E-state index is -0.555. The lowest BCUT2D eigenvalue weighted by Gasteiger charge is -2.47. The molecule has 1 amide bonds. The molecule has 1 aromatic carbocycles. The number of carbonyl (C=O) groups excluding carboxylic acids is 1. The lowest BCUT2D eigenvalue weighted by atomic mass is 9.69. The zero-order chi connectivity index (χ0) is 20.0. The van der Waals surface area contributed by atoms with Crippen LogP contribution in [0.4, 0.5) is 0 Å². The van der Waals surface area contributed by atoms with E-state index in [0.29, 0.717) is 11.8 Å². The maximum absolute atomic E-state index is 12.3. The minimum absolute atomic E-state index is 0.0941. The van der Waals surface area contributed by atoms with E-state index >= 15 is 0 Å². The summed E-state index contributed by atoms with van der Waals surface area (Å²) in [6, 6.07) is 8.72. The van der Waals surface area contributed by atoms with E-state index < -0.39 is 6.10 Å². The van der Waals surface area contributed by atoms with Crippen LogP contribution in [0.25, 0.3) is 5.69 Å². The summed E-state index contributed by atoms with van der Waals surface area (Å²) in [4.78, 5) is 18.3. The predicted molar refractivity (Wildman–Crippen MR) is 110 cm³/mol. The van der Waals surface area contributed by atoms with E-state index in [1.165, 1.54) is 24.0 Å². The number of hydrogen-bond acceptors (Lipinski definition) is 4. The number of aromatic nitrogens is 2. The Hall–Kier alpha value is -2.44. The van der Waals surface area contributed by atoms with Crippen molar-refractivity contribution < 1.29 is 9.90 Å². The molecule has 0 radical (unpaired) electrons. The minimum Gasteiger partial charge on any atom is -0.393 e. The molecule has 5 rings (SSSR count). The Morgan fingerprint density at radius 2 is 2.10 bits per heavy atom. The average Bonchev–Trinajstić information content (AvgIpc) is 3.35. The molecule has 1 aliphatic carbocycles. The molecule has 3 heterocycles. The van der Waals surface area contributed by atoms with Crippen molar-refractivity contribution in [1.82, 2.24) is 19.8 Å². The summed E-state index contributed by atoms with van der Waals surface area (Å²) in [5.41, 5.74) is 3.79. The summed E-state index contributed by atoms with van der Waals surface area (Å²) in [5.74, 6) is 0.792. The Balaban J connectivity index is 1.19. The van der Waals surface area contributed by atoms with Gasteiger partial charge in [-0.2, -0.15) is 0 Å². The molecule has 1 aromatic heterocycles. The summed E-state index contributed by atoms with van der Waals surface area (Å²) in [7, 11) is 0. The van der Waals surface area contributed by atoms with Gasteiger partial charge in [-0.3, -0.25) is 4.79 Å². The molecule has 6 heteroatoms. The lowest BCUT2D eigenvalue weighted by Crippen LogP contribution is -2.62. The Morgan fingerprint density at radius 3 is 2.83 bits per heavy atom. The molecule has 1 saturated heterocycles. The van der Waals surface area contributed by atoms with Gasteiger partial charge in [0.25, 0.3) is 0 Å². The highest BCUT2D eigenvalue weighted by atomic mass is 16.3. The van der Waals surface area contributed by atoms with Crippen molar-refractivity contribution in [3.63, 3.8) is 0 Å². The molecule has 29 heavy (non-hydrogen) atoms. The van der Waals surface area contributed by atoms with Gasteiger partial charge in [-0.1, -0.05) is 18.6 Å². The lowest BCUT2D eigenvalue weighted by molar-refractivity contribution is -0.159. The molecule has 6 nitrogen and oxygen atoms in total. The zero-order valence-electron chi connectivity index (χ0n) is 16.7. The highest BCUT2D eigenvalue weighted by Crippen LogP contribution is 2.50. The molecular formula is C23H28N4O2. The number of amides is 1. The van der Waals surface area contributed by atoms with Gasteiger partial charge in [0.15, 0.2) is 0 Å². The zero-order valence-corrected chi connectivity index (χ0v) is 16.7. The van der Waals surface area contributed by atoms with Crippen molar-refractivity contribution in [1.29, 1.82) is 0 Å². The average molecular weight is 393 g/mol. The number of aliphatic hydroxyl groups is 1. The van der Waals surface area contributed by atoms with Gasteiger partial charge in [0, 0.05) is 43.3 Å². The third-order valence-electron chi connectivity index (χ3n) is 6.87. The highest BCUT2D eigenvalue weighted by molar-refractivity contribution is 5.89. The fraction of sp³-hybridized carbons (Fsp3) is 0.478. The van der Waals surface area contributed by atoms with Gasteiger partial charge in [-0.15, -0.1) is 0 Å². The second-order valence-corrected chi connectivity index (χ2v) is 8.63. The summed E-state index contributed by atoms with van der Waals surface area (Å²) in [6.07, 6.45) is 10.6. The monoisotopic (exact) mass is 392 g/mol. The van der Waals surface area contributed by atoms with Crippen LogP contribution < -0.4 is 5.32 Å². The maximum atomic E-state index is 12.3. The number of nitrogens with one attached hydrogen (secondary N) is 1. The predicted octanol–water partition coefficient (Wildman–Crippen LogP) is 2.48. The number of β-lactam (4-membered cyclic amide) rings is 1. The molecule has 2 aromatic rings. The molecule has 1 saturated carbocycles. The van der Waals surface area contributed by atoms with Crippen LogP contribution in [0.3, 0.4) is 0 Å². The number of benzene rings is 1. The van der Waals surface area contributed by atoms with Crippen LogP contribution in [-0.4, -0.2) is 44.2 Å². The number of nitrogens with zero attached hydrogens (tertiary/aromatic N) is 3. The van der Waals surface area contributed by atoms with Crippen LogP contribution >= 0.6 is 0 Å². The molecule has 2 N–H and O–H groups in total. The number of hydrogen-bond donors (Lipinski definition) is 2. The van der Waals surface area contributed by atoms with Crippen LogP contribution in [0, 0.1) is 17.8 Å². The number of imidazole rings is 1. The molecule has 0 spiro atoms. The van der Waals surface area contributed by atoms with Gasteiger partial charge in [0.05, 0.1) is 24.4 Å². The second-order valence-electron chi connectivity index (χ2n) is 8.63. The highest BCUT2D eigenvalue weighted by Gasteiger charge is 2.57. The van der Waals surface area contributed by atoms with Gasteiger partial charge in [-0.25, -0.2) is 4.98 Å². The van der Waals surface area contributed by atoms with Gasteiger partial charge in [0.2, 0.25) is 5.91 Å². The number of carbonyl (C=O) groups is 1. The molecule has 5 atom stereocenters. The fourth-order valence-electron chi connectivity index (χ4n) is 5.40. The smallest absolute Gasteiger partial charge is 0.234 e. The first-order valence-electron chi connectivity index (χ1n) is 10.6. The molecule has 3 aliphatic rings. The largest absolute Gasteiger partial charge is 0.393 e. The number of fused-ring (bicyclic) bond motifs is 3. The van der Waals surface area contributed by atoms with Gasteiger partial charge >= 0.3 is 0 Å². The van der Waals surface area contributed by atoms with Crippen molar-refractivity contribution in [2.24, 2.45) is 17.8 Å². The van der Waals surface area contributed by atoms with Crippen molar-refractivity contribution >= 4 is 5.91 Å². The first-order valence-corrected chi connectivity index (χ1v) is 10.6. The van der Waals surface area contributed by atoms with Crippen molar-refractivity contribution in [3.05, 3.63) is 60.3 Å².